The third-order valence-electron chi connectivity index (χ3n) is 5.01. The standard InChI is InChI=1S/C28H24N2O3/c31-27(29-24-16-18-26(19-17-24)33-25-14-8-3-9-15-25)28(32)30(20-22-10-4-1-5-11-22)21-23-12-6-2-7-13-23/h1-19H,20-21H2,(H,29,31). The van der Waals surface area contributed by atoms with Crippen LogP contribution >= 0.6 is 0 Å². The number of hydrogen-bond acceptors (Lipinski definition) is 3. The number of amides is 2. The third kappa shape index (κ3) is 6.31. The van der Waals surface area contributed by atoms with Crippen LogP contribution in [0.4, 0.5) is 5.69 Å². The minimum atomic E-state index is -0.682. The van der Waals surface area contributed by atoms with Crippen molar-refractivity contribution in [2.75, 3.05) is 5.32 Å². The fourth-order valence-electron chi connectivity index (χ4n) is 3.37. The van der Waals surface area contributed by atoms with E-state index in [2.05, 4.69) is 5.32 Å². The summed E-state index contributed by atoms with van der Waals surface area (Å²) in [6.07, 6.45) is 0. The highest BCUT2D eigenvalue weighted by Gasteiger charge is 2.22. The van der Waals surface area contributed by atoms with Crippen molar-refractivity contribution in [2.24, 2.45) is 0 Å². The van der Waals surface area contributed by atoms with Gasteiger partial charge in [0.25, 0.3) is 0 Å². The van der Waals surface area contributed by atoms with Gasteiger partial charge in [0.15, 0.2) is 0 Å². The minimum absolute atomic E-state index is 0.339. The monoisotopic (exact) mass is 436 g/mol. The first-order chi connectivity index (χ1) is 16.2. The van der Waals surface area contributed by atoms with Gasteiger partial charge in [-0.2, -0.15) is 0 Å². The van der Waals surface area contributed by atoms with Gasteiger partial charge in [-0.05, 0) is 47.5 Å². The van der Waals surface area contributed by atoms with Crippen LogP contribution in [0.25, 0.3) is 0 Å². The van der Waals surface area contributed by atoms with Gasteiger partial charge in [-0.1, -0.05) is 78.9 Å². The summed E-state index contributed by atoms with van der Waals surface area (Å²) in [5.41, 5.74) is 2.43. The highest BCUT2D eigenvalue weighted by Crippen LogP contribution is 2.22. The lowest BCUT2D eigenvalue weighted by atomic mass is 10.1. The first kappa shape index (κ1) is 21.8. The number of para-hydroxylation sites is 1. The summed E-state index contributed by atoms with van der Waals surface area (Å²) in [6, 6.07) is 35.6. The van der Waals surface area contributed by atoms with E-state index in [1.807, 2.05) is 91.0 Å². The van der Waals surface area contributed by atoms with Gasteiger partial charge in [0.1, 0.15) is 11.5 Å². The summed E-state index contributed by atoms with van der Waals surface area (Å²) in [5.74, 6) is 0.0909. The zero-order valence-corrected chi connectivity index (χ0v) is 18.1. The molecule has 1 N–H and O–H groups in total. The summed E-state index contributed by atoms with van der Waals surface area (Å²) in [7, 11) is 0. The van der Waals surface area contributed by atoms with E-state index in [1.54, 1.807) is 29.2 Å². The Morgan fingerprint density at radius 1 is 0.606 bits per heavy atom. The third-order valence-corrected chi connectivity index (χ3v) is 5.01. The second-order valence-corrected chi connectivity index (χ2v) is 7.53. The Kier molecular flexibility index (Phi) is 7.13. The topological polar surface area (TPSA) is 58.6 Å². The number of carbonyl (C=O) groups is 2. The molecular weight excluding hydrogens is 412 g/mol. The van der Waals surface area contributed by atoms with E-state index >= 15 is 0 Å². The molecule has 0 atom stereocenters. The maximum Gasteiger partial charge on any atom is 0.313 e. The quantitative estimate of drug-likeness (QED) is 0.381. The van der Waals surface area contributed by atoms with E-state index in [9.17, 15) is 9.59 Å². The summed E-state index contributed by atoms with van der Waals surface area (Å²) < 4.78 is 5.77. The van der Waals surface area contributed by atoms with Crippen molar-refractivity contribution in [3.8, 4) is 11.5 Å². The van der Waals surface area contributed by atoms with Crippen molar-refractivity contribution in [3.63, 3.8) is 0 Å². The lowest BCUT2D eigenvalue weighted by Crippen LogP contribution is -2.38. The average Bonchev–Trinajstić information content (AvgIpc) is 2.86. The smallest absolute Gasteiger partial charge is 0.313 e. The zero-order valence-electron chi connectivity index (χ0n) is 18.1. The van der Waals surface area contributed by atoms with Crippen LogP contribution in [-0.2, 0) is 22.7 Å². The second-order valence-electron chi connectivity index (χ2n) is 7.53. The number of anilines is 1. The molecule has 164 valence electrons. The van der Waals surface area contributed by atoms with Gasteiger partial charge in [-0.25, -0.2) is 0 Å². The molecule has 0 aromatic heterocycles. The molecule has 4 aromatic carbocycles. The Labute approximate surface area is 193 Å². The van der Waals surface area contributed by atoms with E-state index in [-0.39, 0.29) is 0 Å². The van der Waals surface area contributed by atoms with Crippen molar-refractivity contribution in [3.05, 3.63) is 126 Å². The molecule has 0 fully saturated rings. The summed E-state index contributed by atoms with van der Waals surface area (Å²) in [4.78, 5) is 27.4. The molecule has 0 radical (unpaired) electrons. The number of nitrogens with zero attached hydrogens (tertiary/aromatic N) is 1. The van der Waals surface area contributed by atoms with Crippen molar-refractivity contribution in [1.82, 2.24) is 4.90 Å². The number of nitrogens with one attached hydrogen (secondary N) is 1. The predicted octanol–water partition coefficient (Wildman–Crippen LogP) is 5.65. The van der Waals surface area contributed by atoms with Crippen LogP contribution in [0.2, 0.25) is 0 Å². The number of rotatable bonds is 7. The molecule has 0 saturated heterocycles. The van der Waals surface area contributed by atoms with E-state index in [0.717, 1.165) is 16.9 Å². The van der Waals surface area contributed by atoms with Crippen molar-refractivity contribution in [2.45, 2.75) is 13.1 Å². The molecule has 0 aliphatic heterocycles. The average molecular weight is 437 g/mol. The Morgan fingerprint density at radius 2 is 1.06 bits per heavy atom. The zero-order chi connectivity index (χ0) is 22.9. The second kappa shape index (κ2) is 10.8. The molecule has 33 heavy (non-hydrogen) atoms. The summed E-state index contributed by atoms with van der Waals surface area (Å²) in [6.45, 7) is 0.678. The van der Waals surface area contributed by atoms with E-state index in [0.29, 0.717) is 24.5 Å². The van der Waals surface area contributed by atoms with Crippen LogP contribution in [0.1, 0.15) is 11.1 Å². The molecule has 0 aliphatic rings. The molecule has 4 aromatic rings. The Hall–Kier alpha value is -4.38. The molecule has 4 rings (SSSR count). The molecule has 0 unspecified atom stereocenters. The van der Waals surface area contributed by atoms with Crippen LogP contribution in [0.5, 0.6) is 11.5 Å². The Morgan fingerprint density at radius 3 is 1.58 bits per heavy atom. The molecule has 5 heteroatoms. The van der Waals surface area contributed by atoms with Crippen molar-refractivity contribution < 1.29 is 14.3 Å². The molecule has 0 saturated carbocycles. The lowest BCUT2D eigenvalue weighted by Gasteiger charge is -2.22. The normalized spacial score (nSPS) is 10.3. The molecule has 0 aliphatic carbocycles. The highest BCUT2D eigenvalue weighted by molar-refractivity contribution is 6.39. The van der Waals surface area contributed by atoms with Gasteiger partial charge in [0.2, 0.25) is 0 Å². The molecular formula is C28H24N2O3. The van der Waals surface area contributed by atoms with Gasteiger partial charge in [-0.15, -0.1) is 0 Å². The maximum absolute atomic E-state index is 13.1. The van der Waals surface area contributed by atoms with Gasteiger partial charge >= 0.3 is 11.8 Å². The predicted molar refractivity (Wildman–Crippen MR) is 129 cm³/mol. The van der Waals surface area contributed by atoms with E-state index in [4.69, 9.17) is 4.74 Å². The van der Waals surface area contributed by atoms with Crippen LogP contribution in [0.15, 0.2) is 115 Å². The Bertz CT molecular complexity index is 1140. The fourth-order valence-corrected chi connectivity index (χ4v) is 3.37. The SMILES string of the molecule is O=C(Nc1ccc(Oc2ccccc2)cc1)C(=O)N(Cc1ccccc1)Cc1ccccc1. The highest BCUT2D eigenvalue weighted by atomic mass is 16.5. The Balaban J connectivity index is 1.43. The van der Waals surface area contributed by atoms with Gasteiger partial charge < -0.3 is 15.0 Å². The lowest BCUT2D eigenvalue weighted by molar-refractivity contribution is -0.144. The van der Waals surface area contributed by atoms with Crippen molar-refractivity contribution >= 4 is 17.5 Å². The van der Waals surface area contributed by atoms with Gasteiger partial charge in [0, 0.05) is 18.8 Å². The maximum atomic E-state index is 13.1. The molecule has 5 nitrogen and oxygen atoms in total. The first-order valence-electron chi connectivity index (χ1n) is 10.7. The summed E-state index contributed by atoms with van der Waals surface area (Å²) in [5, 5.41) is 2.70. The molecule has 0 bridgehead atoms. The number of ether oxygens (including phenoxy) is 1. The van der Waals surface area contributed by atoms with E-state index < -0.39 is 11.8 Å². The van der Waals surface area contributed by atoms with Crippen LogP contribution in [-0.4, -0.2) is 16.7 Å². The van der Waals surface area contributed by atoms with Crippen LogP contribution in [0.3, 0.4) is 0 Å². The first-order valence-corrected chi connectivity index (χ1v) is 10.7. The molecule has 0 heterocycles. The summed E-state index contributed by atoms with van der Waals surface area (Å²) >= 11 is 0. The van der Waals surface area contributed by atoms with Crippen molar-refractivity contribution in [1.29, 1.82) is 0 Å². The van der Waals surface area contributed by atoms with Crippen LogP contribution < -0.4 is 10.1 Å². The van der Waals surface area contributed by atoms with Crippen LogP contribution in [0, 0.1) is 0 Å². The largest absolute Gasteiger partial charge is 0.457 e. The van der Waals surface area contributed by atoms with Gasteiger partial charge in [-0.3, -0.25) is 9.59 Å². The fraction of sp³-hybridized carbons (Fsp3) is 0.0714. The molecule has 2 amide bonds. The van der Waals surface area contributed by atoms with E-state index in [1.165, 1.54) is 0 Å². The van der Waals surface area contributed by atoms with Gasteiger partial charge in [0.05, 0.1) is 0 Å². The number of carbonyl (C=O) groups excluding carboxylic acids is 2. The number of hydrogen-bond donors (Lipinski definition) is 1. The molecule has 0 spiro atoms. The number of benzene rings is 4. The minimum Gasteiger partial charge on any atom is -0.457 e.